The second-order valence-corrected chi connectivity index (χ2v) is 5.10. The van der Waals surface area contributed by atoms with Crippen LogP contribution >= 0.6 is 0 Å². The molecule has 0 fully saturated rings. The van der Waals surface area contributed by atoms with Crippen LogP contribution in [0.5, 0.6) is 0 Å². The van der Waals surface area contributed by atoms with Gasteiger partial charge in [0.2, 0.25) is 0 Å². The van der Waals surface area contributed by atoms with Crippen molar-refractivity contribution in [1.29, 1.82) is 0 Å². The maximum Gasteiger partial charge on any atom is 0.0916 e. The molecule has 0 radical (unpaired) electrons. The van der Waals surface area contributed by atoms with Crippen molar-refractivity contribution in [1.82, 2.24) is 9.80 Å². The highest BCUT2D eigenvalue weighted by Gasteiger charge is 2.10. The van der Waals surface area contributed by atoms with Gasteiger partial charge < -0.3 is 20.6 Å². The fourth-order valence-corrected chi connectivity index (χ4v) is 1.87. The smallest absolute Gasteiger partial charge is 0.0916 e. The number of aliphatic hydroxyl groups excluding tert-OH is 1. The molecule has 0 aromatic heterocycles. The largest absolute Gasteiger partial charge is 0.399 e. The lowest BCUT2D eigenvalue weighted by atomic mass is 10.1. The van der Waals surface area contributed by atoms with Crippen LogP contribution in [0.4, 0.5) is 5.69 Å². The minimum absolute atomic E-state index is 0.449. The molecule has 0 spiro atoms. The molecule has 0 heterocycles. The summed E-state index contributed by atoms with van der Waals surface area (Å²) in [5, 5.41) is 10.1. The molecule has 18 heavy (non-hydrogen) atoms. The van der Waals surface area contributed by atoms with Crippen molar-refractivity contribution in [2.24, 2.45) is 0 Å². The van der Waals surface area contributed by atoms with Gasteiger partial charge in [0.1, 0.15) is 0 Å². The molecule has 0 aliphatic carbocycles. The summed E-state index contributed by atoms with van der Waals surface area (Å²) in [6.07, 6.45) is 0.660. The minimum atomic E-state index is -0.449. The van der Waals surface area contributed by atoms with Gasteiger partial charge in [-0.25, -0.2) is 0 Å². The Kier molecular flexibility index (Phi) is 6.12. The Morgan fingerprint density at radius 2 is 1.72 bits per heavy atom. The van der Waals surface area contributed by atoms with E-state index in [9.17, 15) is 5.11 Å². The van der Waals surface area contributed by atoms with E-state index in [1.165, 1.54) is 0 Å². The van der Waals surface area contributed by atoms with E-state index in [4.69, 9.17) is 5.73 Å². The summed E-state index contributed by atoms with van der Waals surface area (Å²) in [5.41, 5.74) is 7.27. The van der Waals surface area contributed by atoms with Crippen molar-refractivity contribution in [3.8, 4) is 0 Å². The third kappa shape index (κ3) is 5.49. The van der Waals surface area contributed by atoms with Gasteiger partial charge in [0.25, 0.3) is 0 Å². The van der Waals surface area contributed by atoms with Crippen molar-refractivity contribution >= 4 is 5.69 Å². The molecule has 0 aliphatic heterocycles. The van der Waals surface area contributed by atoms with Crippen molar-refractivity contribution in [3.05, 3.63) is 29.8 Å². The lowest BCUT2D eigenvalue weighted by Gasteiger charge is -2.21. The lowest BCUT2D eigenvalue weighted by molar-refractivity contribution is 0.125. The molecule has 0 saturated carbocycles. The van der Waals surface area contributed by atoms with Crippen LogP contribution in [0, 0.1) is 0 Å². The van der Waals surface area contributed by atoms with E-state index in [0.717, 1.165) is 30.8 Å². The lowest BCUT2D eigenvalue weighted by Crippen LogP contribution is -2.27. The zero-order valence-electron chi connectivity index (χ0n) is 11.6. The SMILES string of the molecule is CN(C)CCCN(C)CC(O)c1ccc(N)cc1. The van der Waals surface area contributed by atoms with E-state index >= 15 is 0 Å². The third-order valence-electron chi connectivity index (χ3n) is 2.95. The third-order valence-corrected chi connectivity index (χ3v) is 2.95. The topological polar surface area (TPSA) is 52.7 Å². The number of nitrogens with zero attached hydrogens (tertiary/aromatic N) is 2. The Morgan fingerprint density at radius 3 is 2.28 bits per heavy atom. The number of nitrogen functional groups attached to an aromatic ring is 1. The average molecular weight is 251 g/mol. The van der Waals surface area contributed by atoms with Crippen LogP contribution in [-0.2, 0) is 0 Å². The molecule has 1 rings (SSSR count). The standard InChI is InChI=1S/C14H25N3O/c1-16(2)9-4-10-17(3)11-14(18)12-5-7-13(15)8-6-12/h5-8,14,18H,4,9-11,15H2,1-3H3. The fourth-order valence-electron chi connectivity index (χ4n) is 1.87. The zero-order valence-corrected chi connectivity index (χ0v) is 11.6. The molecular formula is C14H25N3O. The number of likely N-dealkylation sites (N-methyl/N-ethyl adjacent to an activating group) is 1. The van der Waals surface area contributed by atoms with Crippen molar-refractivity contribution in [2.75, 3.05) is 46.5 Å². The summed E-state index contributed by atoms with van der Waals surface area (Å²) in [6.45, 7) is 2.71. The zero-order chi connectivity index (χ0) is 13.5. The number of hydrogen-bond donors (Lipinski definition) is 2. The van der Waals surface area contributed by atoms with Crippen molar-refractivity contribution in [3.63, 3.8) is 0 Å². The van der Waals surface area contributed by atoms with Gasteiger partial charge in [-0.15, -0.1) is 0 Å². The maximum absolute atomic E-state index is 10.1. The van der Waals surface area contributed by atoms with Gasteiger partial charge in [0.05, 0.1) is 6.10 Å². The predicted molar refractivity (Wildman–Crippen MR) is 76.5 cm³/mol. The Labute approximate surface area is 110 Å². The first-order chi connectivity index (χ1) is 8.49. The van der Waals surface area contributed by atoms with Gasteiger partial charge in [-0.3, -0.25) is 0 Å². The van der Waals surface area contributed by atoms with E-state index in [2.05, 4.69) is 23.9 Å². The molecule has 4 nitrogen and oxygen atoms in total. The first-order valence-electron chi connectivity index (χ1n) is 6.36. The molecule has 1 aromatic rings. The summed E-state index contributed by atoms with van der Waals surface area (Å²) >= 11 is 0. The van der Waals surface area contributed by atoms with E-state index in [0.29, 0.717) is 6.54 Å². The molecule has 4 heteroatoms. The molecule has 1 aromatic carbocycles. The minimum Gasteiger partial charge on any atom is -0.399 e. The highest BCUT2D eigenvalue weighted by molar-refractivity contribution is 5.39. The molecule has 1 atom stereocenters. The Bertz CT molecular complexity index is 337. The second kappa shape index (κ2) is 7.36. The maximum atomic E-state index is 10.1. The normalized spacial score (nSPS) is 13.2. The number of rotatable bonds is 7. The van der Waals surface area contributed by atoms with Crippen molar-refractivity contribution < 1.29 is 5.11 Å². The molecule has 0 bridgehead atoms. The number of aliphatic hydroxyl groups is 1. The van der Waals surface area contributed by atoms with E-state index in [1.807, 2.05) is 31.3 Å². The number of anilines is 1. The van der Waals surface area contributed by atoms with Crippen LogP contribution in [0.15, 0.2) is 24.3 Å². The monoisotopic (exact) mass is 251 g/mol. The van der Waals surface area contributed by atoms with Gasteiger partial charge in [-0.1, -0.05) is 12.1 Å². The van der Waals surface area contributed by atoms with Gasteiger partial charge in [0, 0.05) is 12.2 Å². The van der Waals surface area contributed by atoms with Gasteiger partial charge in [-0.05, 0) is 58.3 Å². The second-order valence-electron chi connectivity index (χ2n) is 5.10. The van der Waals surface area contributed by atoms with Crippen LogP contribution < -0.4 is 5.73 Å². The van der Waals surface area contributed by atoms with Crippen LogP contribution in [0.3, 0.4) is 0 Å². The molecular weight excluding hydrogens is 226 g/mol. The van der Waals surface area contributed by atoms with E-state index in [-0.39, 0.29) is 0 Å². The Morgan fingerprint density at radius 1 is 1.11 bits per heavy atom. The van der Waals surface area contributed by atoms with Crippen LogP contribution in [0.2, 0.25) is 0 Å². The first kappa shape index (κ1) is 15.0. The summed E-state index contributed by atoms with van der Waals surface area (Å²) < 4.78 is 0. The van der Waals surface area contributed by atoms with Gasteiger partial charge in [-0.2, -0.15) is 0 Å². The first-order valence-corrected chi connectivity index (χ1v) is 6.36. The number of benzene rings is 1. The fraction of sp³-hybridized carbons (Fsp3) is 0.571. The molecule has 102 valence electrons. The Balaban J connectivity index is 2.34. The van der Waals surface area contributed by atoms with Gasteiger partial charge in [0.15, 0.2) is 0 Å². The van der Waals surface area contributed by atoms with Crippen LogP contribution in [0.1, 0.15) is 18.1 Å². The molecule has 0 aliphatic rings. The number of nitrogens with two attached hydrogens (primary N) is 1. The predicted octanol–water partition coefficient (Wildman–Crippen LogP) is 1.19. The number of hydrogen-bond acceptors (Lipinski definition) is 4. The summed E-state index contributed by atoms with van der Waals surface area (Å²) in [7, 11) is 6.18. The molecule has 0 amide bonds. The summed E-state index contributed by atoms with van der Waals surface area (Å²) in [4.78, 5) is 4.33. The molecule has 0 saturated heterocycles. The highest BCUT2D eigenvalue weighted by Crippen LogP contribution is 2.15. The molecule has 3 N–H and O–H groups in total. The van der Waals surface area contributed by atoms with E-state index in [1.54, 1.807) is 0 Å². The van der Waals surface area contributed by atoms with Crippen LogP contribution in [0.25, 0.3) is 0 Å². The summed E-state index contributed by atoms with van der Waals surface area (Å²) in [5.74, 6) is 0. The quantitative estimate of drug-likeness (QED) is 0.715. The van der Waals surface area contributed by atoms with Crippen molar-refractivity contribution in [2.45, 2.75) is 12.5 Å². The molecule has 1 unspecified atom stereocenters. The summed E-state index contributed by atoms with van der Waals surface area (Å²) in [6, 6.07) is 7.41. The van der Waals surface area contributed by atoms with E-state index < -0.39 is 6.10 Å². The van der Waals surface area contributed by atoms with Crippen LogP contribution in [-0.4, -0.2) is 55.7 Å². The average Bonchev–Trinajstić information content (AvgIpc) is 2.29. The highest BCUT2D eigenvalue weighted by atomic mass is 16.3. The van der Waals surface area contributed by atoms with Gasteiger partial charge >= 0.3 is 0 Å². The Hall–Kier alpha value is -1.10.